The molecular formula is C16H29NO. The second kappa shape index (κ2) is 6.58. The molecule has 0 aromatic rings. The Morgan fingerprint density at radius 2 is 1.50 bits per heavy atom. The van der Waals surface area contributed by atoms with Crippen molar-refractivity contribution in [3.8, 4) is 0 Å². The smallest absolute Gasteiger partial charge is 0.225 e. The molecule has 2 aliphatic rings. The highest BCUT2D eigenvalue weighted by Crippen LogP contribution is 2.28. The monoisotopic (exact) mass is 251 g/mol. The first-order valence-electron chi connectivity index (χ1n) is 7.97. The minimum absolute atomic E-state index is 0.350. The van der Waals surface area contributed by atoms with E-state index in [2.05, 4.69) is 18.7 Å². The Bertz CT molecular complexity index is 258. The minimum atomic E-state index is 0.350. The van der Waals surface area contributed by atoms with Crippen molar-refractivity contribution < 1.29 is 4.79 Å². The Morgan fingerprint density at radius 3 is 2.00 bits per heavy atom. The molecule has 1 heterocycles. The zero-order valence-corrected chi connectivity index (χ0v) is 12.2. The van der Waals surface area contributed by atoms with Gasteiger partial charge >= 0.3 is 0 Å². The first kappa shape index (κ1) is 13.9. The molecule has 1 saturated carbocycles. The van der Waals surface area contributed by atoms with Crippen molar-refractivity contribution in [2.45, 2.75) is 65.2 Å². The summed E-state index contributed by atoms with van der Waals surface area (Å²) in [5.41, 5.74) is 0. The van der Waals surface area contributed by atoms with Gasteiger partial charge in [-0.1, -0.05) is 39.5 Å². The maximum absolute atomic E-state index is 12.5. The van der Waals surface area contributed by atoms with Gasteiger partial charge in [0.15, 0.2) is 0 Å². The standard InChI is InChI=1S/C16H29NO/c1-13(2)14-9-11-17(12-10-14)16(18)15-7-5-3-4-6-8-15/h13-15H,3-12H2,1-2H3. The topological polar surface area (TPSA) is 20.3 Å². The van der Waals surface area contributed by atoms with Crippen LogP contribution in [0.15, 0.2) is 0 Å². The minimum Gasteiger partial charge on any atom is -0.342 e. The average Bonchev–Trinajstić information content (AvgIpc) is 2.67. The number of amides is 1. The molecular weight excluding hydrogens is 222 g/mol. The summed E-state index contributed by atoms with van der Waals surface area (Å²) in [5.74, 6) is 2.44. The lowest BCUT2D eigenvalue weighted by molar-refractivity contribution is -0.137. The third kappa shape index (κ3) is 3.49. The molecule has 0 radical (unpaired) electrons. The van der Waals surface area contributed by atoms with Crippen LogP contribution >= 0.6 is 0 Å². The van der Waals surface area contributed by atoms with E-state index >= 15 is 0 Å². The lowest BCUT2D eigenvalue weighted by atomic mass is 9.86. The van der Waals surface area contributed by atoms with E-state index in [0.717, 1.165) is 37.8 Å². The van der Waals surface area contributed by atoms with Crippen LogP contribution in [-0.2, 0) is 4.79 Å². The van der Waals surface area contributed by atoms with Gasteiger partial charge in [0, 0.05) is 19.0 Å². The number of hydrogen-bond acceptors (Lipinski definition) is 1. The molecule has 2 fully saturated rings. The summed E-state index contributed by atoms with van der Waals surface area (Å²) >= 11 is 0. The van der Waals surface area contributed by atoms with Crippen molar-refractivity contribution in [1.29, 1.82) is 0 Å². The molecule has 0 N–H and O–H groups in total. The van der Waals surface area contributed by atoms with Crippen molar-refractivity contribution in [1.82, 2.24) is 4.90 Å². The molecule has 2 rings (SSSR count). The van der Waals surface area contributed by atoms with Gasteiger partial charge in [-0.2, -0.15) is 0 Å². The molecule has 0 bridgehead atoms. The highest BCUT2D eigenvalue weighted by atomic mass is 16.2. The van der Waals surface area contributed by atoms with Crippen molar-refractivity contribution in [3.05, 3.63) is 0 Å². The molecule has 0 aromatic heterocycles. The van der Waals surface area contributed by atoms with Gasteiger partial charge in [-0.05, 0) is 37.5 Å². The lowest BCUT2D eigenvalue weighted by Gasteiger charge is -2.35. The van der Waals surface area contributed by atoms with Crippen LogP contribution in [0.3, 0.4) is 0 Å². The van der Waals surface area contributed by atoms with Crippen molar-refractivity contribution in [2.24, 2.45) is 17.8 Å². The van der Waals surface area contributed by atoms with E-state index in [4.69, 9.17) is 0 Å². The average molecular weight is 251 g/mol. The van der Waals surface area contributed by atoms with E-state index < -0.39 is 0 Å². The van der Waals surface area contributed by atoms with E-state index in [1.807, 2.05) is 0 Å². The molecule has 1 saturated heterocycles. The highest BCUT2D eigenvalue weighted by Gasteiger charge is 2.29. The van der Waals surface area contributed by atoms with Crippen LogP contribution < -0.4 is 0 Å². The van der Waals surface area contributed by atoms with Crippen LogP contribution in [-0.4, -0.2) is 23.9 Å². The third-order valence-electron chi connectivity index (χ3n) is 5.00. The van der Waals surface area contributed by atoms with E-state index in [1.165, 1.54) is 38.5 Å². The SMILES string of the molecule is CC(C)C1CCN(C(=O)C2CCCCCC2)CC1. The van der Waals surface area contributed by atoms with E-state index in [1.54, 1.807) is 0 Å². The molecule has 0 spiro atoms. The van der Waals surface area contributed by atoms with Crippen LogP contribution in [0.1, 0.15) is 65.2 Å². The third-order valence-corrected chi connectivity index (χ3v) is 5.00. The van der Waals surface area contributed by atoms with Gasteiger partial charge in [0.1, 0.15) is 0 Å². The summed E-state index contributed by atoms with van der Waals surface area (Å²) in [7, 11) is 0. The summed E-state index contributed by atoms with van der Waals surface area (Å²) < 4.78 is 0. The first-order chi connectivity index (χ1) is 8.68. The number of nitrogens with zero attached hydrogens (tertiary/aromatic N) is 1. The lowest BCUT2D eigenvalue weighted by Crippen LogP contribution is -2.42. The van der Waals surface area contributed by atoms with Crippen LogP contribution in [0.5, 0.6) is 0 Å². The zero-order chi connectivity index (χ0) is 13.0. The van der Waals surface area contributed by atoms with Gasteiger partial charge in [-0.15, -0.1) is 0 Å². The second-order valence-corrected chi connectivity index (χ2v) is 6.60. The highest BCUT2D eigenvalue weighted by molar-refractivity contribution is 5.78. The number of carbonyl (C=O) groups excluding carboxylic acids is 1. The van der Waals surface area contributed by atoms with Crippen LogP contribution in [0.4, 0.5) is 0 Å². The Morgan fingerprint density at radius 1 is 0.944 bits per heavy atom. The quantitative estimate of drug-likeness (QED) is 0.683. The van der Waals surface area contributed by atoms with Gasteiger partial charge < -0.3 is 4.90 Å². The maximum atomic E-state index is 12.5. The largest absolute Gasteiger partial charge is 0.342 e. The predicted molar refractivity (Wildman–Crippen MR) is 75.3 cm³/mol. The van der Waals surface area contributed by atoms with Crippen LogP contribution in [0, 0.1) is 17.8 Å². The fraction of sp³-hybridized carbons (Fsp3) is 0.938. The van der Waals surface area contributed by atoms with Crippen molar-refractivity contribution in [3.63, 3.8) is 0 Å². The van der Waals surface area contributed by atoms with Gasteiger partial charge in [0.05, 0.1) is 0 Å². The molecule has 104 valence electrons. The molecule has 18 heavy (non-hydrogen) atoms. The van der Waals surface area contributed by atoms with Crippen molar-refractivity contribution in [2.75, 3.05) is 13.1 Å². The molecule has 1 aliphatic heterocycles. The first-order valence-corrected chi connectivity index (χ1v) is 7.97. The second-order valence-electron chi connectivity index (χ2n) is 6.60. The predicted octanol–water partition coefficient (Wildman–Crippen LogP) is 3.85. The number of carbonyl (C=O) groups is 1. The summed E-state index contributed by atoms with van der Waals surface area (Å²) in [4.78, 5) is 14.7. The Balaban J connectivity index is 1.82. The summed E-state index contributed by atoms with van der Waals surface area (Å²) in [6.07, 6.45) is 9.91. The molecule has 2 heteroatoms. The molecule has 2 nitrogen and oxygen atoms in total. The van der Waals surface area contributed by atoms with E-state index in [-0.39, 0.29) is 0 Å². The molecule has 0 aromatic carbocycles. The van der Waals surface area contributed by atoms with Gasteiger partial charge in [0.2, 0.25) is 5.91 Å². The number of likely N-dealkylation sites (tertiary alicyclic amines) is 1. The Kier molecular flexibility index (Phi) is 5.08. The number of piperidine rings is 1. The molecule has 0 unspecified atom stereocenters. The Hall–Kier alpha value is -0.530. The van der Waals surface area contributed by atoms with Gasteiger partial charge in [-0.3, -0.25) is 4.79 Å². The number of rotatable bonds is 2. The molecule has 1 aliphatic carbocycles. The fourth-order valence-electron chi connectivity index (χ4n) is 3.57. The number of hydrogen-bond donors (Lipinski definition) is 0. The molecule has 1 amide bonds. The molecule has 0 atom stereocenters. The van der Waals surface area contributed by atoms with E-state index in [0.29, 0.717) is 11.8 Å². The normalized spacial score (nSPS) is 24.3. The van der Waals surface area contributed by atoms with E-state index in [9.17, 15) is 4.79 Å². The summed E-state index contributed by atoms with van der Waals surface area (Å²) in [6, 6.07) is 0. The van der Waals surface area contributed by atoms with Crippen LogP contribution in [0.25, 0.3) is 0 Å². The van der Waals surface area contributed by atoms with Gasteiger partial charge in [0.25, 0.3) is 0 Å². The zero-order valence-electron chi connectivity index (χ0n) is 12.2. The van der Waals surface area contributed by atoms with Gasteiger partial charge in [-0.25, -0.2) is 0 Å². The summed E-state index contributed by atoms with van der Waals surface area (Å²) in [6.45, 7) is 6.65. The maximum Gasteiger partial charge on any atom is 0.225 e. The summed E-state index contributed by atoms with van der Waals surface area (Å²) in [5, 5.41) is 0. The fourth-order valence-corrected chi connectivity index (χ4v) is 3.57. The van der Waals surface area contributed by atoms with Crippen molar-refractivity contribution >= 4 is 5.91 Å². The Labute approximate surface area is 112 Å². The van der Waals surface area contributed by atoms with Crippen LogP contribution in [0.2, 0.25) is 0 Å².